The van der Waals surface area contributed by atoms with Crippen LogP contribution in [0, 0.1) is 0 Å². The summed E-state index contributed by atoms with van der Waals surface area (Å²) in [5.41, 5.74) is 0.852. The second-order valence-electron chi connectivity index (χ2n) is 3.33. The number of halogens is 2. The Balaban J connectivity index is 2.33. The topological polar surface area (TPSA) is 33.2 Å². The number of pyridine rings is 1. The highest BCUT2D eigenvalue weighted by Crippen LogP contribution is 2.27. The molecule has 1 aliphatic rings. The van der Waals surface area contributed by atoms with Crippen molar-refractivity contribution in [2.24, 2.45) is 0 Å². The van der Waals surface area contributed by atoms with E-state index in [-0.39, 0.29) is 11.2 Å². The summed E-state index contributed by atoms with van der Waals surface area (Å²) in [7, 11) is 0. The summed E-state index contributed by atoms with van der Waals surface area (Å²) in [5, 5.41) is 0.128. The number of hydrogen-bond acceptors (Lipinski definition) is 3. The molecule has 1 aromatic heterocycles. The van der Waals surface area contributed by atoms with E-state index in [2.05, 4.69) is 49.5 Å². The maximum Gasteiger partial charge on any atom is 0.228 e. The lowest BCUT2D eigenvalue weighted by molar-refractivity contribution is -0.117. The van der Waals surface area contributed by atoms with Crippen molar-refractivity contribution >= 4 is 56.1 Å². The van der Waals surface area contributed by atoms with E-state index in [1.165, 1.54) is 0 Å². The van der Waals surface area contributed by atoms with Gasteiger partial charge in [-0.2, -0.15) is 12.6 Å². The lowest BCUT2D eigenvalue weighted by Crippen LogP contribution is -2.24. The molecule has 2 rings (SSSR count). The Morgan fingerprint density at radius 1 is 1.40 bits per heavy atom. The van der Waals surface area contributed by atoms with E-state index < -0.39 is 0 Å². The fraction of sp³-hybridized carbons (Fsp3) is 0.333. The molecule has 80 valence electrons. The summed E-state index contributed by atoms with van der Waals surface area (Å²) in [4.78, 5) is 17.5. The third-order valence-corrected chi connectivity index (χ3v) is 3.32. The predicted molar refractivity (Wildman–Crippen MR) is 69.4 cm³/mol. The van der Waals surface area contributed by atoms with Gasteiger partial charge in [0.15, 0.2) is 0 Å². The molecule has 1 saturated heterocycles. The van der Waals surface area contributed by atoms with Crippen LogP contribution in [-0.4, -0.2) is 22.7 Å². The summed E-state index contributed by atoms with van der Waals surface area (Å²) in [6.45, 7) is 0.658. The molecule has 3 nitrogen and oxygen atoms in total. The molecule has 1 atom stereocenters. The Morgan fingerprint density at radius 3 is 2.47 bits per heavy atom. The Bertz CT molecular complexity index is 393. The fourth-order valence-electron chi connectivity index (χ4n) is 1.55. The number of rotatable bonds is 1. The number of thiol groups is 1. The van der Waals surface area contributed by atoms with Gasteiger partial charge in [-0.1, -0.05) is 0 Å². The van der Waals surface area contributed by atoms with E-state index in [4.69, 9.17) is 0 Å². The maximum atomic E-state index is 11.6. The quantitative estimate of drug-likeness (QED) is 0.623. The number of carbonyl (C=O) groups excluding carboxylic acids is 1. The van der Waals surface area contributed by atoms with Gasteiger partial charge in [-0.05, 0) is 44.0 Å². The van der Waals surface area contributed by atoms with Crippen LogP contribution >= 0.6 is 44.5 Å². The Labute approximate surface area is 110 Å². The third kappa shape index (κ3) is 2.54. The Morgan fingerprint density at radius 2 is 2.00 bits per heavy atom. The zero-order valence-corrected chi connectivity index (χ0v) is 11.7. The molecule has 15 heavy (non-hydrogen) atoms. The molecule has 1 aromatic rings. The van der Waals surface area contributed by atoms with E-state index in [1.54, 1.807) is 4.90 Å². The van der Waals surface area contributed by atoms with Crippen molar-refractivity contribution in [3.8, 4) is 0 Å². The van der Waals surface area contributed by atoms with Crippen LogP contribution in [0.25, 0.3) is 0 Å². The number of nitrogens with zero attached hydrogens (tertiary/aromatic N) is 2. The average Bonchev–Trinajstić information content (AvgIpc) is 2.43. The first kappa shape index (κ1) is 11.4. The normalized spacial score (nSPS) is 21.1. The van der Waals surface area contributed by atoms with Crippen molar-refractivity contribution in [2.45, 2.75) is 11.7 Å². The van der Waals surface area contributed by atoms with Gasteiger partial charge in [-0.15, -0.1) is 0 Å². The molecule has 0 aliphatic carbocycles. The SMILES string of the molecule is O=C1CC(S)CN1c1cc(Br)nc(Br)c1. The fourth-order valence-corrected chi connectivity index (χ4v) is 2.96. The zero-order chi connectivity index (χ0) is 11.0. The van der Waals surface area contributed by atoms with Gasteiger partial charge in [-0.25, -0.2) is 4.98 Å². The molecule has 1 aliphatic heterocycles. The van der Waals surface area contributed by atoms with Gasteiger partial charge in [0.1, 0.15) is 9.21 Å². The standard InChI is InChI=1S/C9H8Br2N2OS/c10-7-1-5(2-8(11)12-7)13-4-6(15)3-9(13)14/h1-2,6,15H,3-4H2. The first-order valence-corrected chi connectivity index (χ1v) is 6.48. The molecule has 2 heterocycles. The first-order chi connectivity index (χ1) is 7.06. The Hall–Kier alpha value is -0.0700. The van der Waals surface area contributed by atoms with Crippen LogP contribution in [-0.2, 0) is 4.79 Å². The first-order valence-electron chi connectivity index (χ1n) is 4.38. The van der Waals surface area contributed by atoms with Crippen LogP contribution < -0.4 is 4.90 Å². The summed E-state index contributed by atoms with van der Waals surface area (Å²) < 4.78 is 1.42. The van der Waals surface area contributed by atoms with Crippen LogP contribution in [0.1, 0.15) is 6.42 Å². The number of aromatic nitrogens is 1. The number of hydrogen-bond donors (Lipinski definition) is 1. The molecular formula is C9H8Br2N2OS. The lowest BCUT2D eigenvalue weighted by Gasteiger charge is -2.16. The van der Waals surface area contributed by atoms with Crippen molar-refractivity contribution in [3.05, 3.63) is 21.3 Å². The van der Waals surface area contributed by atoms with E-state index in [0.29, 0.717) is 22.2 Å². The van der Waals surface area contributed by atoms with Gasteiger partial charge in [0.05, 0.1) is 0 Å². The van der Waals surface area contributed by atoms with Crippen LogP contribution in [0.2, 0.25) is 0 Å². The molecule has 6 heteroatoms. The van der Waals surface area contributed by atoms with Crippen molar-refractivity contribution in [2.75, 3.05) is 11.4 Å². The van der Waals surface area contributed by atoms with Crippen LogP contribution in [0.3, 0.4) is 0 Å². The third-order valence-electron chi connectivity index (χ3n) is 2.16. The van der Waals surface area contributed by atoms with Crippen molar-refractivity contribution in [1.82, 2.24) is 4.98 Å². The van der Waals surface area contributed by atoms with Crippen LogP contribution in [0.5, 0.6) is 0 Å². The van der Waals surface area contributed by atoms with Gasteiger partial charge in [0.2, 0.25) is 5.91 Å². The van der Waals surface area contributed by atoms with E-state index >= 15 is 0 Å². The lowest BCUT2D eigenvalue weighted by atomic mass is 10.4. The highest BCUT2D eigenvalue weighted by atomic mass is 79.9. The minimum absolute atomic E-state index is 0.111. The van der Waals surface area contributed by atoms with Gasteiger partial charge < -0.3 is 4.90 Å². The highest BCUT2D eigenvalue weighted by Gasteiger charge is 2.28. The number of carbonyl (C=O) groups is 1. The Kier molecular flexibility index (Phi) is 3.37. The summed E-state index contributed by atoms with van der Waals surface area (Å²) in [5.74, 6) is 0.111. The molecule has 0 aromatic carbocycles. The number of anilines is 1. The second-order valence-corrected chi connectivity index (χ2v) is 5.69. The van der Waals surface area contributed by atoms with Crippen molar-refractivity contribution in [3.63, 3.8) is 0 Å². The largest absolute Gasteiger partial charge is 0.311 e. The van der Waals surface area contributed by atoms with E-state index in [9.17, 15) is 4.79 Å². The molecule has 1 amide bonds. The zero-order valence-electron chi connectivity index (χ0n) is 7.65. The molecule has 1 fully saturated rings. The van der Waals surface area contributed by atoms with Gasteiger partial charge in [0.25, 0.3) is 0 Å². The van der Waals surface area contributed by atoms with Crippen molar-refractivity contribution < 1.29 is 4.79 Å². The highest BCUT2D eigenvalue weighted by molar-refractivity contribution is 9.11. The summed E-state index contributed by atoms with van der Waals surface area (Å²) >= 11 is 10.9. The van der Waals surface area contributed by atoms with Gasteiger partial charge in [-0.3, -0.25) is 4.79 Å². The van der Waals surface area contributed by atoms with Crippen LogP contribution in [0.4, 0.5) is 5.69 Å². The minimum Gasteiger partial charge on any atom is -0.311 e. The van der Waals surface area contributed by atoms with E-state index in [1.807, 2.05) is 12.1 Å². The summed E-state index contributed by atoms with van der Waals surface area (Å²) in [6, 6.07) is 3.66. The molecule has 1 unspecified atom stereocenters. The number of amides is 1. The predicted octanol–water partition coefficient (Wildman–Crippen LogP) is 2.64. The second kappa shape index (κ2) is 4.43. The maximum absolute atomic E-state index is 11.6. The molecule has 0 bridgehead atoms. The van der Waals surface area contributed by atoms with E-state index in [0.717, 1.165) is 5.69 Å². The minimum atomic E-state index is 0.111. The van der Waals surface area contributed by atoms with Crippen LogP contribution in [0.15, 0.2) is 21.3 Å². The molecule has 0 N–H and O–H groups in total. The van der Waals surface area contributed by atoms with Gasteiger partial charge >= 0.3 is 0 Å². The smallest absolute Gasteiger partial charge is 0.228 e. The van der Waals surface area contributed by atoms with Crippen molar-refractivity contribution in [1.29, 1.82) is 0 Å². The monoisotopic (exact) mass is 350 g/mol. The molecule has 0 spiro atoms. The van der Waals surface area contributed by atoms with Gasteiger partial charge in [0, 0.05) is 23.9 Å². The molecule has 0 saturated carbocycles. The summed E-state index contributed by atoms with van der Waals surface area (Å²) in [6.07, 6.45) is 0.501. The molecular weight excluding hydrogens is 344 g/mol. The average molecular weight is 352 g/mol. The molecule has 0 radical (unpaired) electrons.